The van der Waals surface area contributed by atoms with Crippen molar-refractivity contribution in [2.24, 2.45) is 0 Å². The van der Waals surface area contributed by atoms with Crippen LogP contribution in [0.3, 0.4) is 0 Å². The molecule has 0 unspecified atom stereocenters. The number of carbonyl (C=O) groups is 2. The predicted octanol–water partition coefficient (Wildman–Crippen LogP) is 4.76. The summed E-state index contributed by atoms with van der Waals surface area (Å²) in [5.41, 5.74) is 0.428. The van der Waals surface area contributed by atoms with Crippen LogP contribution in [0.25, 0.3) is 0 Å². The Bertz CT molecular complexity index is 738. The minimum absolute atomic E-state index is 0.0163. The number of benzene rings is 1. The summed E-state index contributed by atoms with van der Waals surface area (Å²) in [6.45, 7) is 5.32. The molecule has 2 rings (SSSR count). The van der Waals surface area contributed by atoms with Crippen molar-refractivity contribution >= 4 is 51.9 Å². The fourth-order valence-electron chi connectivity index (χ4n) is 2.42. The number of esters is 2. The molecule has 2 aromatic rings. The summed E-state index contributed by atoms with van der Waals surface area (Å²) in [5.74, 6) is -0.955. The van der Waals surface area contributed by atoms with Crippen LogP contribution < -0.4 is 0 Å². The first-order valence-electron chi connectivity index (χ1n) is 8.05. The van der Waals surface area contributed by atoms with Gasteiger partial charge in [0.15, 0.2) is 0 Å². The fourth-order valence-corrected chi connectivity index (χ4v) is 2.42. The van der Waals surface area contributed by atoms with E-state index in [1.165, 1.54) is 13.3 Å². The summed E-state index contributed by atoms with van der Waals surface area (Å²) >= 11 is 4.74. The van der Waals surface area contributed by atoms with Crippen molar-refractivity contribution in [3.8, 4) is 0 Å². The van der Waals surface area contributed by atoms with E-state index in [1.54, 1.807) is 24.7 Å². The molecule has 27 heavy (non-hydrogen) atoms. The van der Waals surface area contributed by atoms with Gasteiger partial charge >= 0.3 is 61.4 Å². The Labute approximate surface area is 188 Å². The second kappa shape index (κ2) is 12.1. The third-order valence-corrected chi connectivity index (χ3v) is 3.74. The van der Waals surface area contributed by atoms with Crippen molar-refractivity contribution in [2.75, 3.05) is 7.11 Å². The number of hydrogen-bond donors (Lipinski definition) is 0. The van der Waals surface area contributed by atoms with E-state index < -0.39 is 17.5 Å². The topological polar surface area (TPSA) is 70.4 Å². The van der Waals surface area contributed by atoms with Crippen LogP contribution in [0.1, 0.15) is 49.3 Å². The molecule has 0 aliphatic rings. The molecule has 0 saturated heterocycles. The maximum absolute atomic E-state index is 12.5. The second-order valence-electron chi connectivity index (χ2n) is 6.24. The number of rotatable bonds is 6. The van der Waals surface area contributed by atoms with Gasteiger partial charge in [0.25, 0.3) is 0 Å². The zero-order chi connectivity index (χ0) is 20.4. The zero-order valence-corrected chi connectivity index (χ0v) is 21.3. The monoisotopic (exact) mass is 635 g/mol. The minimum atomic E-state index is -0.963. The Morgan fingerprint density at radius 3 is 2.41 bits per heavy atom. The number of carbonyl (C=O) groups excluding carboxylic acids is 2. The van der Waals surface area contributed by atoms with Crippen LogP contribution in [0, 0.1) is 0 Å². The van der Waals surface area contributed by atoms with E-state index in [0.29, 0.717) is 15.2 Å². The van der Waals surface area contributed by atoms with Gasteiger partial charge in [-0.05, 0) is 26.3 Å². The predicted molar refractivity (Wildman–Crippen MR) is 117 cm³/mol. The molecule has 0 saturated carbocycles. The van der Waals surface area contributed by atoms with Crippen molar-refractivity contribution in [3.05, 3.63) is 54.1 Å². The first kappa shape index (κ1) is 24.5. The molecule has 0 radical (unpaired) electrons. The van der Waals surface area contributed by atoms with Crippen molar-refractivity contribution in [1.82, 2.24) is 9.55 Å². The number of methoxy groups -OCH3 is 1. The van der Waals surface area contributed by atoms with Gasteiger partial charge in [0, 0.05) is 0 Å². The Morgan fingerprint density at radius 1 is 1.26 bits per heavy atom. The van der Waals surface area contributed by atoms with Crippen molar-refractivity contribution in [3.63, 3.8) is 0 Å². The molecular weight excluding hydrogens is 613 g/mol. The van der Waals surface area contributed by atoms with Crippen LogP contribution >= 0.6 is 40.0 Å². The van der Waals surface area contributed by atoms with Gasteiger partial charge in [-0.25, -0.2) is 9.78 Å². The molecule has 0 aliphatic heterocycles. The van der Waals surface area contributed by atoms with Crippen LogP contribution in [-0.4, -0.2) is 34.2 Å². The Kier molecular flexibility index (Phi) is 10.9. The van der Waals surface area contributed by atoms with Gasteiger partial charge in [-0.1, -0.05) is 30.3 Å². The molecule has 1 aromatic carbocycles. The molecule has 6 nitrogen and oxygen atoms in total. The van der Waals surface area contributed by atoms with Gasteiger partial charge in [-0.3, -0.25) is 4.79 Å². The standard InChI is InChI=1S/C18H22N2O4.2HI.V/c1-13(14-8-6-5-7-9-14)20-12-19-11-15(20)17(22)24-18(2,3)10-16(21)23-4;;;/h5-9,11-13H,10H2,1-4H3;2*1H;/q;;;+2/p-2/t13-;;;/m1.../s1. The maximum atomic E-state index is 12.5. The third-order valence-electron chi connectivity index (χ3n) is 3.74. The van der Waals surface area contributed by atoms with E-state index in [9.17, 15) is 9.59 Å². The van der Waals surface area contributed by atoms with Crippen LogP contribution in [0.2, 0.25) is 0 Å². The SMILES string of the molecule is COC(=O)CC(C)(C)OC(=O)c1cncn1[C@H](C)c1ccccc1.[I][V][I]. The van der Waals surface area contributed by atoms with Gasteiger partial charge in [-0.2, -0.15) is 0 Å². The summed E-state index contributed by atoms with van der Waals surface area (Å²) in [4.78, 5) is 28.0. The molecule has 1 atom stereocenters. The van der Waals surface area contributed by atoms with Crippen LogP contribution in [0.5, 0.6) is 0 Å². The second-order valence-corrected chi connectivity index (χ2v) is 18.0. The summed E-state index contributed by atoms with van der Waals surface area (Å²) in [6.07, 6.45) is 3.05. The Balaban J connectivity index is 0.00000114. The molecule has 0 bridgehead atoms. The van der Waals surface area contributed by atoms with Gasteiger partial charge in [-0.15, -0.1) is 0 Å². The molecule has 0 N–H and O–H groups in total. The van der Waals surface area contributed by atoms with E-state index in [2.05, 4.69) is 49.7 Å². The summed E-state index contributed by atoms with van der Waals surface area (Å²) in [7, 11) is 1.93. The first-order chi connectivity index (χ1) is 12.8. The van der Waals surface area contributed by atoms with Gasteiger partial charge in [0.05, 0.1) is 32.1 Å². The molecule has 1 heterocycles. The fraction of sp³-hybridized carbons (Fsp3) is 0.389. The zero-order valence-electron chi connectivity index (χ0n) is 15.6. The van der Waals surface area contributed by atoms with Crippen LogP contribution in [0.15, 0.2) is 42.9 Å². The quantitative estimate of drug-likeness (QED) is 0.339. The number of imidazole rings is 1. The first-order valence-corrected chi connectivity index (χ1v) is 17.1. The van der Waals surface area contributed by atoms with Gasteiger partial charge < -0.3 is 14.0 Å². The van der Waals surface area contributed by atoms with Crippen molar-refractivity contribution in [2.45, 2.75) is 38.8 Å². The number of hydrogen-bond acceptors (Lipinski definition) is 5. The summed E-state index contributed by atoms with van der Waals surface area (Å²) < 4.78 is 11.9. The number of nitrogens with zero attached hydrogens (tertiary/aromatic N) is 2. The number of aromatic nitrogens is 2. The molecular formula is C18H22I2N2O4V. The summed E-state index contributed by atoms with van der Waals surface area (Å²) in [6, 6.07) is 9.73. The Hall–Kier alpha value is -0.586. The summed E-state index contributed by atoms with van der Waals surface area (Å²) in [5, 5.41) is 0. The van der Waals surface area contributed by atoms with Gasteiger partial charge in [0.1, 0.15) is 11.3 Å². The average molecular weight is 635 g/mol. The van der Waals surface area contributed by atoms with E-state index in [1.807, 2.05) is 37.3 Å². The van der Waals surface area contributed by atoms with Crippen molar-refractivity contribution < 1.29 is 28.5 Å². The number of ether oxygens (including phenoxy) is 2. The molecule has 9 heteroatoms. The number of halogens is 2. The molecule has 0 amide bonds. The van der Waals surface area contributed by atoms with E-state index in [0.717, 1.165) is 5.56 Å². The third kappa shape index (κ3) is 8.12. The normalized spacial score (nSPS) is 11.6. The molecule has 147 valence electrons. The molecule has 0 aliphatic carbocycles. The van der Waals surface area contributed by atoms with E-state index in [4.69, 9.17) is 4.74 Å². The van der Waals surface area contributed by atoms with Gasteiger partial charge in [0.2, 0.25) is 0 Å². The van der Waals surface area contributed by atoms with Crippen LogP contribution in [0.4, 0.5) is 0 Å². The van der Waals surface area contributed by atoms with E-state index >= 15 is 0 Å². The molecule has 0 fully saturated rings. The Morgan fingerprint density at radius 2 is 1.85 bits per heavy atom. The molecule has 0 spiro atoms. The molecule has 1 aromatic heterocycles. The average Bonchev–Trinajstić information content (AvgIpc) is 3.11. The van der Waals surface area contributed by atoms with Crippen molar-refractivity contribution in [1.29, 1.82) is 0 Å². The van der Waals surface area contributed by atoms with E-state index in [-0.39, 0.29) is 12.5 Å². The van der Waals surface area contributed by atoms with Crippen LogP contribution in [-0.2, 0) is 23.7 Å².